The summed E-state index contributed by atoms with van der Waals surface area (Å²) in [5.74, 6) is 2.11. The molecule has 0 saturated carbocycles. The molecule has 0 bridgehead atoms. The quantitative estimate of drug-likeness (QED) is 0.584. The predicted octanol–water partition coefficient (Wildman–Crippen LogP) is 3.98. The van der Waals surface area contributed by atoms with E-state index in [1.807, 2.05) is 6.07 Å². The van der Waals surface area contributed by atoms with E-state index in [1.165, 1.54) is 22.1 Å². The van der Waals surface area contributed by atoms with E-state index in [0.717, 1.165) is 36.2 Å². The van der Waals surface area contributed by atoms with E-state index in [4.69, 9.17) is 19.9 Å². The van der Waals surface area contributed by atoms with E-state index in [-0.39, 0.29) is 18.7 Å². The van der Waals surface area contributed by atoms with Crippen LogP contribution in [0.4, 0.5) is 0 Å². The van der Waals surface area contributed by atoms with Gasteiger partial charge in [-0.2, -0.15) is 0 Å². The highest BCUT2D eigenvalue weighted by Gasteiger charge is 2.31. The van der Waals surface area contributed by atoms with E-state index in [9.17, 15) is 5.11 Å². The molecule has 1 aliphatic heterocycles. The Bertz CT molecular complexity index is 1110. The first-order valence-electron chi connectivity index (χ1n) is 11.0. The number of hydrogen-bond donors (Lipinski definition) is 2. The largest absolute Gasteiger partial charge is 0.493 e. The summed E-state index contributed by atoms with van der Waals surface area (Å²) in [6, 6.07) is 14.6. The van der Waals surface area contributed by atoms with Crippen molar-refractivity contribution in [2.45, 2.75) is 32.0 Å². The number of nitrogens with zero attached hydrogens (tertiary/aromatic N) is 1. The summed E-state index contributed by atoms with van der Waals surface area (Å²) in [4.78, 5) is 2.47. The zero-order chi connectivity index (χ0) is 22.8. The molecule has 0 amide bonds. The van der Waals surface area contributed by atoms with Crippen LogP contribution in [0.25, 0.3) is 10.8 Å². The van der Waals surface area contributed by atoms with Crippen molar-refractivity contribution < 1.29 is 19.3 Å². The molecule has 1 aliphatic rings. The van der Waals surface area contributed by atoms with Gasteiger partial charge in [0.05, 0.1) is 34.0 Å². The highest BCUT2D eigenvalue weighted by Crippen LogP contribution is 2.47. The minimum Gasteiger partial charge on any atom is -0.493 e. The van der Waals surface area contributed by atoms with Crippen molar-refractivity contribution in [2.75, 3.05) is 34.5 Å². The second-order valence-electron chi connectivity index (χ2n) is 8.34. The average Bonchev–Trinajstić information content (AvgIpc) is 2.83. The lowest BCUT2D eigenvalue weighted by atomic mass is 9.91. The number of aliphatic hydroxyl groups excluding tert-OH is 1. The van der Waals surface area contributed by atoms with Crippen molar-refractivity contribution in [3.05, 3.63) is 64.7 Å². The second-order valence-corrected chi connectivity index (χ2v) is 8.34. The summed E-state index contributed by atoms with van der Waals surface area (Å²) in [6.45, 7) is 3.95. The maximum absolute atomic E-state index is 9.33. The fourth-order valence-corrected chi connectivity index (χ4v) is 4.73. The lowest BCUT2D eigenvalue weighted by Crippen LogP contribution is -2.34. The molecule has 2 unspecified atom stereocenters. The summed E-state index contributed by atoms with van der Waals surface area (Å²) < 4.78 is 16.9. The van der Waals surface area contributed by atoms with Crippen LogP contribution in [-0.4, -0.2) is 44.5 Å². The molecule has 6 heteroatoms. The molecule has 0 aromatic heterocycles. The monoisotopic (exact) mass is 436 g/mol. The molecule has 0 saturated heterocycles. The SMILES string of the molecule is COc1cc2c(c(OC)c1OC)C(C)N(Cc1ccc3cc(C(N)CO)ccc3c1)CC2. The van der Waals surface area contributed by atoms with Crippen LogP contribution >= 0.6 is 0 Å². The highest BCUT2D eigenvalue weighted by atomic mass is 16.5. The third-order valence-corrected chi connectivity index (χ3v) is 6.53. The molecule has 0 aliphatic carbocycles. The molecular weight excluding hydrogens is 404 g/mol. The van der Waals surface area contributed by atoms with Gasteiger partial charge in [-0.15, -0.1) is 0 Å². The molecule has 6 nitrogen and oxygen atoms in total. The third kappa shape index (κ3) is 4.01. The Kier molecular flexibility index (Phi) is 6.55. The van der Waals surface area contributed by atoms with E-state index in [0.29, 0.717) is 11.5 Å². The molecule has 0 radical (unpaired) electrons. The van der Waals surface area contributed by atoms with E-state index in [1.54, 1.807) is 21.3 Å². The summed E-state index contributed by atoms with van der Waals surface area (Å²) in [5, 5.41) is 11.6. The Balaban J connectivity index is 1.62. The Labute approximate surface area is 189 Å². The van der Waals surface area contributed by atoms with Gasteiger partial charge in [0.1, 0.15) is 0 Å². The number of ether oxygens (including phenoxy) is 3. The highest BCUT2D eigenvalue weighted by molar-refractivity contribution is 5.84. The van der Waals surface area contributed by atoms with E-state index in [2.05, 4.69) is 48.2 Å². The van der Waals surface area contributed by atoms with Crippen molar-refractivity contribution in [1.82, 2.24) is 4.90 Å². The van der Waals surface area contributed by atoms with Crippen LogP contribution in [-0.2, 0) is 13.0 Å². The predicted molar refractivity (Wildman–Crippen MR) is 127 cm³/mol. The molecule has 3 N–H and O–H groups in total. The molecule has 1 heterocycles. The molecule has 0 spiro atoms. The second kappa shape index (κ2) is 9.36. The minimum atomic E-state index is -0.348. The molecule has 2 atom stereocenters. The zero-order valence-corrected chi connectivity index (χ0v) is 19.2. The van der Waals surface area contributed by atoms with Gasteiger partial charge in [-0.3, -0.25) is 4.90 Å². The fourth-order valence-electron chi connectivity index (χ4n) is 4.73. The normalized spacial score (nSPS) is 17.1. The standard InChI is InChI=1S/C26H32N2O4/c1-16-24-21(13-23(30-2)25(31-3)26(24)32-4)9-10-28(16)14-17-5-6-19-12-20(22(27)15-29)8-7-18(19)11-17/h5-8,11-13,16,22,29H,9-10,14-15,27H2,1-4H3. The number of rotatable bonds is 7. The molecular formula is C26H32N2O4. The maximum Gasteiger partial charge on any atom is 0.203 e. The van der Waals surface area contributed by atoms with Gasteiger partial charge in [-0.1, -0.05) is 24.3 Å². The number of hydrogen-bond acceptors (Lipinski definition) is 6. The van der Waals surface area contributed by atoms with Gasteiger partial charge in [0.25, 0.3) is 0 Å². The zero-order valence-electron chi connectivity index (χ0n) is 19.2. The van der Waals surface area contributed by atoms with Crippen LogP contribution in [0, 0.1) is 0 Å². The van der Waals surface area contributed by atoms with Gasteiger partial charge in [0.15, 0.2) is 11.5 Å². The van der Waals surface area contributed by atoms with Crippen molar-refractivity contribution in [2.24, 2.45) is 5.73 Å². The lowest BCUT2D eigenvalue weighted by Gasteiger charge is -2.37. The number of nitrogens with two attached hydrogens (primary N) is 1. The Morgan fingerprint density at radius 2 is 1.72 bits per heavy atom. The minimum absolute atomic E-state index is 0.0575. The molecule has 3 aromatic carbocycles. The number of fused-ring (bicyclic) bond motifs is 2. The van der Waals surface area contributed by atoms with E-state index >= 15 is 0 Å². The first-order valence-corrected chi connectivity index (χ1v) is 11.0. The molecule has 0 fully saturated rings. The van der Waals surface area contributed by atoms with Crippen LogP contribution in [0.1, 0.15) is 41.3 Å². The average molecular weight is 437 g/mol. The van der Waals surface area contributed by atoms with Gasteiger partial charge < -0.3 is 25.1 Å². The number of benzene rings is 3. The Hall–Kier alpha value is -2.80. The van der Waals surface area contributed by atoms with Gasteiger partial charge in [0.2, 0.25) is 5.75 Å². The Morgan fingerprint density at radius 1 is 1.00 bits per heavy atom. The van der Waals surface area contributed by atoms with Gasteiger partial charge >= 0.3 is 0 Å². The lowest BCUT2D eigenvalue weighted by molar-refractivity contribution is 0.183. The molecule has 3 aromatic rings. The van der Waals surface area contributed by atoms with E-state index < -0.39 is 0 Å². The fraction of sp³-hybridized carbons (Fsp3) is 0.385. The Morgan fingerprint density at radius 3 is 2.41 bits per heavy atom. The summed E-state index contributed by atoms with van der Waals surface area (Å²) in [5.41, 5.74) is 10.6. The van der Waals surface area contributed by atoms with Crippen LogP contribution in [0.15, 0.2) is 42.5 Å². The molecule has 170 valence electrons. The third-order valence-electron chi connectivity index (χ3n) is 6.53. The maximum atomic E-state index is 9.33. The summed E-state index contributed by atoms with van der Waals surface area (Å²) in [6.07, 6.45) is 0.923. The number of methoxy groups -OCH3 is 3. The molecule has 4 rings (SSSR count). The summed E-state index contributed by atoms with van der Waals surface area (Å²) in [7, 11) is 4.98. The molecule has 32 heavy (non-hydrogen) atoms. The van der Waals surface area contributed by atoms with Crippen molar-refractivity contribution in [3.8, 4) is 17.2 Å². The van der Waals surface area contributed by atoms with Crippen molar-refractivity contribution in [3.63, 3.8) is 0 Å². The van der Waals surface area contributed by atoms with Crippen LogP contribution < -0.4 is 19.9 Å². The van der Waals surface area contributed by atoms with Crippen LogP contribution in [0.3, 0.4) is 0 Å². The topological polar surface area (TPSA) is 77.2 Å². The number of aliphatic hydroxyl groups is 1. The smallest absolute Gasteiger partial charge is 0.203 e. The van der Waals surface area contributed by atoms with Gasteiger partial charge in [-0.25, -0.2) is 0 Å². The van der Waals surface area contributed by atoms with Crippen molar-refractivity contribution >= 4 is 10.8 Å². The first-order chi connectivity index (χ1) is 15.5. The summed E-state index contributed by atoms with van der Waals surface area (Å²) >= 11 is 0. The van der Waals surface area contributed by atoms with Crippen molar-refractivity contribution in [1.29, 1.82) is 0 Å². The first kappa shape index (κ1) is 22.4. The van der Waals surface area contributed by atoms with Gasteiger partial charge in [-0.05, 0) is 59.0 Å². The van der Waals surface area contributed by atoms with Crippen LogP contribution in [0.2, 0.25) is 0 Å². The van der Waals surface area contributed by atoms with Gasteiger partial charge in [0, 0.05) is 24.7 Å². The van der Waals surface area contributed by atoms with Crippen LogP contribution in [0.5, 0.6) is 17.2 Å².